The van der Waals surface area contributed by atoms with Crippen LogP contribution in [0.1, 0.15) is 56.6 Å². The van der Waals surface area contributed by atoms with Gasteiger partial charge in [-0.3, -0.25) is 18.9 Å². The minimum Gasteiger partial charge on any atom is -0.378 e. The fraction of sp³-hybridized carbons (Fsp3) is 0.520. The van der Waals surface area contributed by atoms with Gasteiger partial charge in [-0.2, -0.15) is 0 Å². The number of pyridine rings is 1. The summed E-state index contributed by atoms with van der Waals surface area (Å²) in [5, 5.41) is 0. The molecule has 2 aromatic rings. The van der Waals surface area contributed by atoms with Crippen molar-refractivity contribution in [2.24, 2.45) is 0 Å². The van der Waals surface area contributed by atoms with Crippen LogP contribution in [0.5, 0.6) is 0 Å². The first kappa shape index (κ1) is 24.9. The molecule has 0 aromatic carbocycles. The molecule has 0 unspecified atom stereocenters. The summed E-state index contributed by atoms with van der Waals surface area (Å²) < 4.78 is 7.61. The summed E-state index contributed by atoms with van der Waals surface area (Å²) in [6.07, 6.45) is 10.4. The lowest BCUT2D eigenvalue weighted by molar-refractivity contribution is -0.122. The van der Waals surface area contributed by atoms with Crippen molar-refractivity contribution in [2.75, 3.05) is 37.7 Å². The molecule has 7 nitrogen and oxygen atoms in total. The fourth-order valence-electron chi connectivity index (χ4n) is 4.26. The Balaban J connectivity index is 1.62. The molecule has 9 heteroatoms. The van der Waals surface area contributed by atoms with Gasteiger partial charge in [0.15, 0.2) is 0 Å². The minimum atomic E-state index is -0.184. The predicted molar refractivity (Wildman–Crippen MR) is 142 cm³/mol. The van der Waals surface area contributed by atoms with Crippen LogP contribution in [-0.4, -0.2) is 57.4 Å². The molecule has 4 rings (SSSR count). The Kier molecular flexibility index (Phi) is 8.39. The van der Waals surface area contributed by atoms with Crippen molar-refractivity contribution in [3.05, 3.63) is 44.7 Å². The SMILES string of the molecule is CCCCCCCCN1C(=O)/C(=C\c2c(N3CCOCC3)nc3ccc(C)cn3c2=O)SC1=S. The maximum absolute atomic E-state index is 13.6. The molecule has 34 heavy (non-hydrogen) atoms. The van der Waals surface area contributed by atoms with Crippen LogP contribution in [0, 0.1) is 6.92 Å². The smallest absolute Gasteiger partial charge is 0.267 e. The molecule has 0 radical (unpaired) electrons. The monoisotopic (exact) mass is 500 g/mol. The zero-order valence-corrected chi connectivity index (χ0v) is 21.6. The lowest BCUT2D eigenvalue weighted by atomic mass is 10.1. The number of carbonyl (C=O) groups is 1. The van der Waals surface area contributed by atoms with Crippen LogP contribution in [0.3, 0.4) is 0 Å². The molecular formula is C25H32N4O3S2. The Bertz CT molecular complexity index is 1150. The normalized spacial score (nSPS) is 18.0. The van der Waals surface area contributed by atoms with Gasteiger partial charge in [-0.25, -0.2) is 4.98 Å². The Morgan fingerprint density at radius 2 is 1.85 bits per heavy atom. The third-order valence-corrected chi connectivity index (χ3v) is 7.56. The molecule has 182 valence electrons. The Morgan fingerprint density at radius 3 is 2.62 bits per heavy atom. The molecule has 0 spiro atoms. The van der Waals surface area contributed by atoms with Crippen LogP contribution >= 0.6 is 24.0 Å². The van der Waals surface area contributed by atoms with E-state index in [1.807, 2.05) is 19.1 Å². The molecule has 2 fully saturated rings. The average molecular weight is 501 g/mol. The van der Waals surface area contributed by atoms with E-state index in [4.69, 9.17) is 21.9 Å². The van der Waals surface area contributed by atoms with Gasteiger partial charge >= 0.3 is 0 Å². The molecular weight excluding hydrogens is 468 g/mol. The second kappa shape index (κ2) is 11.5. The number of hydrogen-bond donors (Lipinski definition) is 0. The van der Waals surface area contributed by atoms with Crippen LogP contribution in [0.2, 0.25) is 0 Å². The summed E-state index contributed by atoms with van der Waals surface area (Å²) >= 11 is 6.79. The maximum atomic E-state index is 13.6. The van der Waals surface area contributed by atoms with E-state index in [-0.39, 0.29) is 11.5 Å². The number of carbonyl (C=O) groups excluding carboxylic acids is 1. The number of hydrogen-bond acceptors (Lipinski definition) is 7. The summed E-state index contributed by atoms with van der Waals surface area (Å²) in [6.45, 7) is 7.22. The quantitative estimate of drug-likeness (QED) is 0.287. The molecule has 2 aliphatic rings. The van der Waals surface area contributed by atoms with Gasteiger partial charge in [0.25, 0.3) is 11.5 Å². The van der Waals surface area contributed by atoms with Gasteiger partial charge in [-0.1, -0.05) is 69.1 Å². The zero-order chi connectivity index (χ0) is 24.1. The molecule has 0 bridgehead atoms. The first-order chi connectivity index (χ1) is 16.5. The first-order valence-corrected chi connectivity index (χ1v) is 13.3. The number of anilines is 1. The number of rotatable bonds is 9. The third-order valence-electron chi connectivity index (χ3n) is 6.18. The molecule has 0 aliphatic carbocycles. The number of amides is 1. The summed E-state index contributed by atoms with van der Waals surface area (Å²) in [7, 11) is 0. The summed E-state index contributed by atoms with van der Waals surface area (Å²) in [5.74, 6) is 0.476. The number of aryl methyl sites for hydroxylation is 1. The highest BCUT2D eigenvalue weighted by Crippen LogP contribution is 2.34. The molecule has 4 heterocycles. The van der Waals surface area contributed by atoms with Gasteiger partial charge in [0, 0.05) is 25.8 Å². The van der Waals surface area contributed by atoms with Gasteiger partial charge in [-0.15, -0.1) is 0 Å². The van der Waals surface area contributed by atoms with E-state index in [2.05, 4.69) is 11.8 Å². The number of aromatic nitrogens is 2. The second-order valence-electron chi connectivity index (χ2n) is 8.79. The predicted octanol–water partition coefficient (Wildman–Crippen LogP) is 4.40. The van der Waals surface area contributed by atoms with Crippen LogP contribution in [0.4, 0.5) is 5.82 Å². The summed E-state index contributed by atoms with van der Waals surface area (Å²) in [6, 6.07) is 3.79. The van der Waals surface area contributed by atoms with Crippen molar-refractivity contribution < 1.29 is 9.53 Å². The molecule has 1 amide bonds. The topological polar surface area (TPSA) is 67.2 Å². The highest BCUT2D eigenvalue weighted by atomic mass is 32.2. The Morgan fingerprint density at radius 1 is 1.12 bits per heavy atom. The van der Waals surface area contributed by atoms with E-state index in [0.29, 0.717) is 59.1 Å². The van der Waals surface area contributed by atoms with Crippen LogP contribution < -0.4 is 10.5 Å². The van der Waals surface area contributed by atoms with E-state index in [1.54, 1.807) is 21.6 Å². The van der Waals surface area contributed by atoms with Gasteiger partial charge in [-0.05, 0) is 31.1 Å². The third kappa shape index (κ3) is 5.53. The number of fused-ring (bicyclic) bond motifs is 1. The molecule has 0 saturated carbocycles. The Hall–Kier alpha value is -2.23. The van der Waals surface area contributed by atoms with Crippen molar-refractivity contribution in [2.45, 2.75) is 52.4 Å². The van der Waals surface area contributed by atoms with E-state index in [0.717, 1.165) is 18.4 Å². The zero-order valence-electron chi connectivity index (χ0n) is 19.9. The highest BCUT2D eigenvalue weighted by Gasteiger charge is 2.32. The number of unbranched alkanes of at least 4 members (excludes halogenated alkanes) is 5. The standard InChI is InChI=1S/C25H32N4O3S2/c1-3-4-5-6-7-8-11-28-24(31)20(34-25(28)33)16-19-22(27-12-14-32-15-13-27)26-21-10-9-18(2)17-29(21)23(19)30/h9-10,16-17H,3-8,11-15H2,1-2H3/b20-16+. The van der Waals surface area contributed by atoms with Crippen molar-refractivity contribution in [3.8, 4) is 0 Å². The number of thioether (sulfide) groups is 1. The van der Waals surface area contributed by atoms with Crippen LogP contribution in [0.25, 0.3) is 11.7 Å². The largest absolute Gasteiger partial charge is 0.378 e. The van der Waals surface area contributed by atoms with Gasteiger partial charge in [0.2, 0.25) is 0 Å². The van der Waals surface area contributed by atoms with Crippen molar-refractivity contribution >= 4 is 51.7 Å². The maximum Gasteiger partial charge on any atom is 0.267 e. The van der Waals surface area contributed by atoms with E-state index >= 15 is 0 Å². The molecule has 2 aromatic heterocycles. The van der Waals surface area contributed by atoms with Crippen molar-refractivity contribution in [1.82, 2.24) is 14.3 Å². The van der Waals surface area contributed by atoms with Crippen molar-refractivity contribution in [3.63, 3.8) is 0 Å². The number of morpholine rings is 1. The molecule has 0 N–H and O–H groups in total. The lowest BCUT2D eigenvalue weighted by Crippen LogP contribution is -2.38. The minimum absolute atomic E-state index is 0.120. The lowest BCUT2D eigenvalue weighted by Gasteiger charge is -2.29. The first-order valence-electron chi connectivity index (χ1n) is 12.1. The van der Waals surface area contributed by atoms with Gasteiger partial charge < -0.3 is 9.64 Å². The fourth-order valence-corrected chi connectivity index (χ4v) is 5.55. The molecule has 2 aliphatic heterocycles. The van der Waals surface area contributed by atoms with E-state index < -0.39 is 0 Å². The second-order valence-corrected chi connectivity index (χ2v) is 10.5. The van der Waals surface area contributed by atoms with E-state index in [1.165, 1.54) is 37.4 Å². The molecule has 0 atom stereocenters. The summed E-state index contributed by atoms with van der Waals surface area (Å²) in [4.78, 5) is 35.8. The van der Waals surface area contributed by atoms with Crippen molar-refractivity contribution in [1.29, 1.82) is 0 Å². The highest BCUT2D eigenvalue weighted by molar-refractivity contribution is 8.26. The number of thiocarbonyl (C=S) groups is 1. The van der Waals surface area contributed by atoms with E-state index in [9.17, 15) is 9.59 Å². The Labute approximate surface area is 210 Å². The van der Waals surface area contributed by atoms with Gasteiger partial charge in [0.05, 0.1) is 23.7 Å². The van der Waals surface area contributed by atoms with Crippen LogP contribution in [0.15, 0.2) is 28.0 Å². The average Bonchev–Trinajstić information content (AvgIpc) is 3.11. The van der Waals surface area contributed by atoms with Crippen LogP contribution in [-0.2, 0) is 9.53 Å². The number of ether oxygens (including phenoxy) is 1. The molecule has 2 saturated heterocycles. The van der Waals surface area contributed by atoms with Gasteiger partial charge in [0.1, 0.15) is 15.8 Å². The number of nitrogens with zero attached hydrogens (tertiary/aromatic N) is 4. The summed E-state index contributed by atoms with van der Waals surface area (Å²) in [5.41, 5.74) is 1.79.